The van der Waals surface area contributed by atoms with Gasteiger partial charge in [0.25, 0.3) is 0 Å². The van der Waals surface area contributed by atoms with Crippen LogP contribution in [-0.2, 0) is 0 Å². The van der Waals surface area contributed by atoms with Crippen LogP contribution < -0.4 is 10.5 Å². The summed E-state index contributed by atoms with van der Waals surface area (Å²) in [5.74, 6) is 3.55. The zero-order chi connectivity index (χ0) is 7.66. The SMILES string of the molecule is CNCCSCCCSN. The maximum Gasteiger partial charge on any atom is 0.00842 e. The molecule has 4 heteroatoms. The second-order valence-electron chi connectivity index (χ2n) is 1.94. The molecule has 0 amide bonds. The summed E-state index contributed by atoms with van der Waals surface area (Å²) in [5.41, 5.74) is 0. The summed E-state index contributed by atoms with van der Waals surface area (Å²) in [4.78, 5) is 0. The van der Waals surface area contributed by atoms with E-state index in [1.54, 1.807) is 0 Å². The Balaban J connectivity index is 2.65. The highest BCUT2D eigenvalue weighted by molar-refractivity contribution is 7.99. The highest BCUT2D eigenvalue weighted by Crippen LogP contribution is 2.02. The molecule has 0 aliphatic rings. The van der Waals surface area contributed by atoms with E-state index in [2.05, 4.69) is 5.32 Å². The minimum Gasteiger partial charge on any atom is -0.319 e. The predicted octanol–water partition coefficient (Wildman–Crippen LogP) is 0.936. The molecule has 0 rings (SSSR count). The van der Waals surface area contributed by atoms with Crippen LogP contribution in [0.5, 0.6) is 0 Å². The Morgan fingerprint density at radius 2 is 2.10 bits per heavy atom. The molecule has 0 saturated carbocycles. The van der Waals surface area contributed by atoms with E-state index in [0.29, 0.717) is 0 Å². The lowest BCUT2D eigenvalue weighted by Gasteiger charge is -1.98. The molecule has 0 heterocycles. The summed E-state index contributed by atoms with van der Waals surface area (Å²) < 4.78 is 0. The van der Waals surface area contributed by atoms with Crippen molar-refractivity contribution in [3.63, 3.8) is 0 Å². The summed E-state index contributed by atoms with van der Waals surface area (Å²) >= 11 is 3.42. The molecule has 0 fully saturated rings. The molecule has 0 bridgehead atoms. The number of nitrogens with two attached hydrogens (primary N) is 1. The molecule has 0 spiro atoms. The van der Waals surface area contributed by atoms with Crippen LogP contribution in [0.1, 0.15) is 6.42 Å². The second kappa shape index (κ2) is 9.62. The Hall–Kier alpha value is 0.620. The van der Waals surface area contributed by atoms with Gasteiger partial charge in [-0.05, 0) is 19.2 Å². The third kappa shape index (κ3) is 8.62. The van der Waals surface area contributed by atoms with Crippen molar-refractivity contribution in [2.24, 2.45) is 5.14 Å². The van der Waals surface area contributed by atoms with E-state index in [4.69, 9.17) is 5.14 Å². The van der Waals surface area contributed by atoms with Crippen molar-refractivity contribution in [1.82, 2.24) is 5.32 Å². The van der Waals surface area contributed by atoms with E-state index in [-0.39, 0.29) is 0 Å². The zero-order valence-electron chi connectivity index (χ0n) is 6.43. The van der Waals surface area contributed by atoms with Crippen LogP contribution in [0.15, 0.2) is 0 Å². The Morgan fingerprint density at radius 1 is 1.30 bits per heavy atom. The molecule has 0 atom stereocenters. The first-order valence-corrected chi connectivity index (χ1v) is 5.66. The van der Waals surface area contributed by atoms with Crippen molar-refractivity contribution >= 4 is 23.7 Å². The van der Waals surface area contributed by atoms with Gasteiger partial charge in [-0.3, -0.25) is 5.14 Å². The number of nitrogens with one attached hydrogen (secondary N) is 1. The van der Waals surface area contributed by atoms with Crippen LogP contribution in [0.25, 0.3) is 0 Å². The molecular weight excluding hydrogens is 164 g/mol. The largest absolute Gasteiger partial charge is 0.319 e. The molecule has 0 aliphatic carbocycles. The van der Waals surface area contributed by atoms with E-state index in [9.17, 15) is 0 Å². The Bertz CT molecular complexity index is 53.7. The third-order valence-electron chi connectivity index (χ3n) is 1.05. The van der Waals surface area contributed by atoms with Crippen molar-refractivity contribution in [2.75, 3.05) is 30.9 Å². The normalized spacial score (nSPS) is 10.2. The van der Waals surface area contributed by atoms with Gasteiger partial charge in [0.05, 0.1) is 0 Å². The molecular formula is C6H16N2S2. The molecule has 0 aromatic rings. The van der Waals surface area contributed by atoms with E-state index in [1.807, 2.05) is 18.8 Å². The minimum atomic E-state index is 1.09. The molecule has 0 saturated heterocycles. The van der Waals surface area contributed by atoms with Gasteiger partial charge in [-0.2, -0.15) is 11.8 Å². The predicted molar refractivity (Wildman–Crippen MR) is 52.5 cm³/mol. The zero-order valence-corrected chi connectivity index (χ0v) is 8.06. The average molecular weight is 180 g/mol. The molecule has 2 nitrogen and oxygen atoms in total. The van der Waals surface area contributed by atoms with Crippen molar-refractivity contribution in [3.8, 4) is 0 Å². The molecule has 0 unspecified atom stereocenters. The van der Waals surface area contributed by atoms with Gasteiger partial charge in [0, 0.05) is 18.1 Å². The fourth-order valence-corrected chi connectivity index (χ4v) is 1.92. The second-order valence-corrected chi connectivity index (χ2v) is 3.91. The number of hydrogen-bond acceptors (Lipinski definition) is 4. The Morgan fingerprint density at radius 3 is 2.70 bits per heavy atom. The lowest BCUT2D eigenvalue weighted by atomic mass is 10.6. The van der Waals surface area contributed by atoms with Crippen molar-refractivity contribution in [2.45, 2.75) is 6.42 Å². The molecule has 0 aromatic heterocycles. The van der Waals surface area contributed by atoms with Crippen LogP contribution in [0, 0.1) is 0 Å². The Labute approximate surface area is 71.8 Å². The molecule has 10 heavy (non-hydrogen) atoms. The summed E-state index contributed by atoms with van der Waals surface area (Å²) in [5, 5.41) is 8.37. The smallest absolute Gasteiger partial charge is 0.00842 e. The van der Waals surface area contributed by atoms with E-state index >= 15 is 0 Å². The highest BCUT2D eigenvalue weighted by Gasteiger charge is 1.87. The topological polar surface area (TPSA) is 38.0 Å². The lowest BCUT2D eigenvalue weighted by molar-refractivity contribution is 0.871. The van der Waals surface area contributed by atoms with Gasteiger partial charge in [-0.25, -0.2) is 0 Å². The van der Waals surface area contributed by atoms with Gasteiger partial charge in [0.2, 0.25) is 0 Å². The van der Waals surface area contributed by atoms with E-state index in [1.165, 1.54) is 29.9 Å². The van der Waals surface area contributed by atoms with Crippen LogP contribution in [0.3, 0.4) is 0 Å². The van der Waals surface area contributed by atoms with Gasteiger partial charge >= 0.3 is 0 Å². The molecule has 0 aliphatic heterocycles. The van der Waals surface area contributed by atoms with E-state index in [0.717, 1.165) is 12.3 Å². The Kier molecular flexibility index (Phi) is 10.2. The van der Waals surface area contributed by atoms with Crippen LogP contribution in [0.2, 0.25) is 0 Å². The first-order chi connectivity index (χ1) is 4.91. The monoisotopic (exact) mass is 180 g/mol. The molecule has 0 aromatic carbocycles. The fourth-order valence-electron chi connectivity index (χ4n) is 0.521. The lowest BCUT2D eigenvalue weighted by Crippen LogP contribution is -2.10. The summed E-state index contributed by atoms with van der Waals surface area (Å²) in [6, 6.07) is 0. The number of rotatable bonds is 7. The molecule has 62 valence electrons. The number of hydrogen-bond donors (Lipinski definition) is 2. The van der Waals surface area contributed by atoms with Crippen molar-refractivity contribution in [3.05, 3.63) is 0 Å². The summed E-state index contributed by atoms with van der Waals surface area (Å²) in [6.07, 6.45) is 1.23. The average Bonchev–Trinajstić information content (AvgIpc) is 1.97. The first kappa shape index (κ1) is 10.6. The standard InChI is InChI=1S/C6H16N2S2/c1-8-3-6-9-4-2-5-10-7/h8H,2-7H2,1H3. The maximum atomic E-state index is 5.26. The maximum absolute atomic E-state index is 5.26. The van der Waals surface area contributed by atoms with Crippen molar-refractivity contribution < 1.29 is 0 Å². The fraction of sp³-hybridized carbons (Fsp3) is 1.00. The van der Waals surface area contributed by atoms with E-state index < -0.39 is 0 Å². The number of thioether (sulfide) groups is 1. The van der Waals surface area contributed by atoms with Gasteiger partial charge in [0.15, 0.2) is 0 Å². The first-order valence-electron chi connectivity index (χ1n) is 3.46. The van der Waals surface area contributed by atoms with Crippen LogP contribution in [-0.4, -0.2) is 30.9 Å². The van der Waals surface area contributed by atoms with Crippen LogP contribution >= 0.6 is 23.7 Å². The highest BCUT2D eigenvalue weighted by atomic mass is 32.2. The quantitative estimate of drug-likeness (QED) is 0.452. The van der Waals surface area contributed by atoms with Gasteiger partial charge in [-0.1, -0.05) is 11.9 Å². The summed E-state index contributed by atoms with van der Waals surface area (Å²) in [7, 11) is 1.98. The molecule has 0 radical (unpaired) electrons. The minimum absolute atomic E-state index is 1.09. The van der Waals surface area contributed by atoms with Gasteiger partial charge in [0.1, 0.15) is 0 Å². The van der Waals surface area contributed by atoms with Crippen LogP contribution in [0.4, 0.5) is 0 Å². The van der Waals surface area contributed by atoms with Gasteiger partial charge < -0.3 is 5.32 Å². The van der Waals surface area contributed by atoms with Gasteiger partial charge in [-0.15, -0.1) is 0 Å². The third-order valence-corrected chi connectivity index (χ3v) is 2.64. The molecule has 3 N–H and O–H groups in total. The van der Waals surface area contributed by atoms with Crippen molar-refractivity contribution in [1.29, 1.82) is 0 Å². The summed E-state index contributed by atoms with van der Waals surface area (Å²) in [6.45, 7) is 1.11.